The molecule has 0 amide bonds. The predicted octanol–water partition coefficient (Wildman–Crippen LogP) is 0.557. The number of carbonyl (C=O) groups excluding carboxylic acids is 1. The van der Waals surface area contributed by atoms with Crippen molar-refractivity contribution in [1.29, 1.82) is 0 Å². The molecule has 0 saturated carbocycles. The Kier molecular flexibility index (Phi) is 3.57. The molecule has 0 aliphatic rings. The smallest absolute Gasteiger partial charge is 0.321 e. The molecule has 1 aromatic carbocycles. The van der Waals surface area contributed by atoms with E-state index in [4.69, 9.17) is 10.8 Å². The second-order valence-corrected chi connectivity index (χ2v) is 3.30. The van der Waals surface area contributed by atoms with Gasteiger partial charge in [0.15, 0.2) is 0 Å². The molecule has 0 aliphatic carbocycles. The van der Waals surface area contributed by atoms with E-state index in [9.17, 15) is 9.59 Å². The normalized spacial score (nSPS) is 14.2. The SMILES string of the molecule is NCCC(C=O)(C(=O)O)c1ccccc1. The van der Waals surface area contributed by atoms with Crippen molar-refractivity contribution < 1.29 is 14.7 Å². The number of rotatable bonds is 5. The zero-order valence-corrected chi connectivity index (χ0v) is 8.22. The zero-order chi connectivity index (χ0) is 11.3. The molecule has 4 heteroatoms. The minimum Gasteiger partial charge on any atom is -0.480 e. The van der Waals surface area contributed by atoms with Gasteiger partial charge in [-0.3, -0.25) is 4.79 Å². The molecule has 4 nitrogen and oxygen atoms in total. The Hall–Kier alpha value is -1.68. The van der Waals surface area contributed by atoms with Gasteiger partial charge in [0, 0.05) is 0 Å². The summed E-state index contributed by atoms with van der Waals surface area (Å²) in [6.45, 7) is 0.153. The molecule has 1 unspecified atom stereocenters. The number of aliphatic carboxylic acids is 1. The summed E-state index contributed by atoms with van der Waals surface area (Å²) in [6.07, 6.45) is 0.563. The Morgan fingerprint density at radius 3 is 2.40 bits per heavy atom. The Bertz CT molecular complexity index is 350. The molecule has 0 heterocycles. The minimum atomic E-state index is -1.50. The summed E-state index contributed by atoms with van der Waals surface area (Å²) in [4.78, 5) is 22.2. The van der Waals surface area contributed by atoms with Crippen LogP contribution in [0.2, 0.25) is 0 Å². The maximum absolute atomic E-state index is 11.2. The lowest BCUT2D eigenvalue weighted by Crippen LogP contribution is -2.39. The summed E-state index contributed by atoms with van der Waals surface area (Å²) >= 11 is 0. The number of hydrogen-bond acceptors (Lipinski definition) is 3. The molecular formula is C11H13NO3. The average molecular weight is 207 g/mol. The summed E-state index contributed by atoms with van der Waals surface area (Å²) in [5, 5.41) is 9.12. The van der Waals surface area contributed by atoms with Gasteiger partial charge >= 0.3 is 5.97 Å². The number of carboxylic acids is 1. The number of benzene rings is 1. The third-order valence-electron chi connectivity index (χ3n) is 2.41. The first-order valence-corrected chi connectivity index (χ1v) is 4.62. The molecule has 0 spiro atoms. The fourth-order valence-corrected chi connectivity index (χ4v) is 1.52. The van der Waals surface area contributed by atoms with E-state index in [0.717, 1.165) is 0 Å². The second kappa shape index (κ2) is 4.70. The van der Waals surface area contributed by atoms with Gasteiger partial charge in [-0.1, -0.05) is 30.3 Å². The summed E-state index contributed by atoms with van der Waals surface area (Å²) in [7, 11) is 0. The predicted molar refractivity (Wildman–Crippen MR) is 55.5 cm³/mol. The second-order valence-electron chi connectivity index (χ2n) is 3.30. The van der Waals surface area contributed by atoms with Gasteiger partial charge in [-0.2, -0.15) is 0 Å². The molecule has 15 heavy (non-hydrogen) atoms. The molecule has 0 aliphatic heterocycles. The van der Waals surface area contributed by atoms with Crippen LogP contribution in [0.1, 0.15) is 12.0 Å². The third-order valence-corrected chi connectivity index (χ3v) is 2.41. The van der Waals surface area contributed by atoms with Crippen molar-refractivity contribution in [2.24, 2.45) is 5.73 Å². The van der Waals surface area contributed by atoms with Gasteiger partial charge in [-0.25, -0.2) is 0 Å². The quantitative estimate of drug-likeness (QED) is 0.546. The van der Waals surface area contributed by atoms with Gasteiger partial charge in [0.05, 0.1) is 0 Å². The Balaban J connectivity index is 3.21. The van der Waals surface area contributed by atoms with E-state index >= 15 is 0 Å². The number of carbonyl (C=O) groups is 2. The molecule has 0 radical (unpaired) electrons. The van der Waals surface area contributed by atoms with Gasteiger partial charge in [0.1, 0.15) is 11.7 Å². The molecule has 0 aromatic heterocycles. The highest BCUT2D eigenvalue weighted by molar-refractivity contribution is 5.98. The summed E-state index contributed by atoms with van der Waals surface area (Å²) in [5.41, 5.74) is 4.31. The maximum Gasteiger partial charge on any atom is 0.321 e. The lowest BCUT2D eigenvalue weighted by molar-refractivity contribution is -0.146. The molecule has 3 N–H and O–H groups in total. The van der Waals surface area contributed by atoms with Crippen molar-refractivity contribution in [3.05, 3.63) is 35.9 Å². The summed E-state index contributed by atoms with van der Waals surface area (Å²) < 4.78 is 0. The minimum absolute atomic E-state index is 0.107. The number of nitrogens with two attached hydrogens (primary N) is 1. The van der Waals surface area contributed by atoms with Crippen molar-refractivity contribution >= 4 is 12.3 Å². The van der Waals surface area contributed by atoms with Crippen LogP contribution >= 0.6 is 0 Å². The highest BCUT2D eigenvalue weighted by atomic mass is 16.4. The van der Waals surface area contributed by atoms with Gasteiger partial charge in [0.25, 0.3) is 0 Å². The van der Waals surface area contributed by atoms with Crippen LogP contribution in [-0.4, -0.2) is 23.9 Å². The van der Waals surface area contributed by atoms with Crippen LogP contribution in [-0.2, 0) is 15.0 Å². The van der Waals surface area contributed by atoms with Gasteiger partial charge in [-0.15, -0.1) is 0 Å². The molecule has 0 saturated heterocycles. The first kappa shape index (κ1) is 11.4. The van der Waals surface area contributed by atoms with Crippen LogP contribution in [0.25, 0.3) is 0 Å². The molecule has 80 valence electrons. The Morgan fingerprint density at radius 2 is 2.00 bits per heavy atom. The summed E-state index contributed by atoms with van der Waals surface area (Å²) in [6, 6.07) is 8.42. The molecule has 1 rings (SSSR count). The van der Waals surface area contributed by atoms with Crippen LogP contribution in [0.3, 0.4) is 0 Å². The van der Waals surface area contributed by atoms with E-state index in [1.165, 1.54) is 0 Å². The molecule has 0 fully saturated rings. The molecule has 1 aromatic rings. The highest BCUT2D eigenvalue weighted by Crippen LogP contribution is 2.25. The Labute approximate surface area is 87.7 Å². The van der Waals surface area contributed by atoms with Crippen LogP contribution in [0, 0.1) is 0 Å². The number of aldehydes is 1. The Morgan fingerprint density at radius 1 is 1.40 bits per heavy atom. The fourth-order valence-electron chi connectivity index (χ4n) is 1.52. The number of carboxylic acid groups (broad SMARTS) is 1. The van der Waals surface area contributed by atoms with Crippen LogP contribution in [0.5, 0.6) is 0 Å². The fraction of sp³-hybridized carbons (Fsp3) is 0.273. The van der Waals surface area contributed by atoms with Crippen LogP contribution in [0.15, 0.2) is 30.3 Å². The molecule has 1 atom stereocenters. The van der Waals surface area contributed by atoms with E-state index in [1.54, 1.807) is 30.3 Å². The zero-order valence-electron chi connectivity index (χ0n) is 8.22. The standard InChI is InChI=1S/C11H13NO3/c12-7-6-11(8-13,10(14)15)9-4-2-1-3-5-9/h1-5,8H,6-7,12H2,(H,14,15). The van der Waals surface area contributed by atoms with E-state index < -0.39 is 11.4 Å². The summed E-state index contributed by atoms with van der Waals surface area (Å²) in [5.74, 6) is -1.16. The number of hydrogen-bond donors (Lipinski definition) is 2. The first-order valence-electron chi connectivity index (χ1n) is 4.62. The van der Waals surface area contributed by atoms with Gasteiger partial charge in [0.2, 0.25) is 0 Å². The van der Waals surface area contributed by atoms with Crippen LogP contribution < -0.4 is 5.73 Å². The van der Waals surface area contributed by atoms with Crippen molar-refractivity contribution in [2.75, 3.05) is 6.54 Å². The average Bonchev–Trinajstić information content (AvgIpc) is 2.26. The molecular weight excluding hydrogens is 194 g/mol. The highest BCUT2D eigenvalue weighted by Gasteiger charge is 2.39. The third kappa shape index (κ3) is 2.05. The van der Waals surface area contributed by atoms with Crippen LogP contribution in [0.4, 0.5) is 0 Å². The molecule has 0 bridgehead atoms. The lowest BCUT2D eigenvalue weighted by atomic mass is 9.79. The van der Waals surface area contributed by atoms with Crippen molar-refractivity contribution in [2.45, 2.75) is 11.8 Å². The largest absolute Gasteiger partial charge is 0.480 e. The van der Waals surface area contributed by atoms with E-state index in [1.807, 2.05) is 0 Å². The lowest BCUT2D eigenvalue weighted by Gasteiger charge is -2.22. The van der Waals surface area contributed by atoms with Crippen molar-refractivity contribution in [3.63, 3.8) is 0 Å². The van der Waals surface area contributed by atoms with E-state index in [-0.39, 0.29) is 13.0 Å². The van der Waals surface area contributed by atoms with Crippen molar-refractivity contribution in [1.82, 2.24) is 0 Å². The first-order chi connectivity index (χ1) is 7.17. The van der Waals surface area contributed by atoms with Gasteiger partial charge < -0.3 is 15.6 Å². The van der Waals surface area contributed by atoms with Gasteiger partial charge in [-0.05, 0) is 18.5 Å². The van der Waals surface area contributed by atoms with Crippen molar-refractivity contribution in [3.8, 4) is 0 Å². The topological polar surface area (TPSA) is 80.4 Å². The van der Waals surface area contributed by atoms with E-state index in [0.29, 0.717) is 11.8 Å². The monoisotopic (exact) mass is 207 g/mol. The maximum atomic E-state index is 11.2. The van der Waals surface area contributed by atoms with E-state index in [2.05, 4.69) is 0 Å².